The summed E-state index contributed by atoms with van der Waals surface area (Å²) < 4.78 is 10.3. The largest absolute Gasteiger partial charge is 0.493 e. The molecule has 1 aromatic carbocycles. The molecule has 0 fully saturated rings. The fourth-order valence-electron chi connectivity index (χ4n) is 1.62. The van der Waals surface area contributed by atoms with Gasteiger partial charge in [-0.2, -0.15) is 0 Å². The van der Waals surface area contributed by atoms with Crippen LogP contribution >= 0.6 is 0 Å². The van der Waals surface area contributed by atoms with E-state index in [0.717, 1.165) is 0 Å². The number of rotatable bonds is 6. The second-order valence-electron chi connectivity index (χ2n) is 4.02. The fraction of sp³-hybridized carbons (Fsp3) is 0.385. The van der Waals surface area contributed by atoms with Gasteiger partial charge in [-0.15, -0.1) is 0 Å². The maximum atomic E-state index is 11.6. The Bertz CT molecular complexity index is 503. The highest BCUT2D eigenvalue weighted by Gasteiger charge is 2.14. The highest BCUT2D eigenvalue weighted by atomic mass is 16.5. The van der Waals surface area contributed by atoms with Gasteiger partial charge in [-0.1, -0.05) is 0 Å². The highest BCUT2D eigenvalue weighted by Crippen LogP contribution is 2.36. The quantitative estimate of drug-likeness (QED) is 0.720. The van der Waals surface area contributed by atoms with Gasteiger partial charge in [0.15, 0.2) is 11.5 Å². The normalized spacial score (nSPS) is 9.80. The summed E-state index contributed by atoms with van der Waals surface area (Å²) in [6.45, 7) is 1.62. The Morgan fingerprint density at radius 3 is 2.00 bits per heavy atom. The maximum Gasteiger partial charge on any atom is 0.225 e. The van der Waals surface area contributed by atoms with E-state index in [2.05, 4.69) is 10.6 Å². The summed E-state index contributed by atoms with van der Waals surface area (Å²) in [4.78, 5) is 22.8. The SMILES string of the molecule is COc1cc(NC(C)=O)c(NC(=O)CCN)cc1OC. The van der Waals surface area contributed by atoms with Gasteiger partial charge in [-0.3, -0.25) is 9.59 Å². The Hall–Kier alpha value is -2.28. The second kappa shape index (κ2) is 7.34. The molecule has 0 bridgehead atoms. The van der Waals surface area contributed by atoms with E-state index < -0.39 is 0 Å². The molecular formula is C13H19N3O4. The van der Waals surface area contributed by atoms with Gasteiger partial charge in [-0.25, -0.2) is 0 Å². The fourth-order valence-corrected chi connectivity index (χ4v) is 1.62. The standard InChI is InChI=1S/C13H19N3O4/c1-8(17)15-9-6-11(19-2)12(20-3)7-10(9)16-13(18)4-5-14/h6-7H,4-5,14H2,1-3H3,(H,15,17)(H,16,18). The van der Waals surface area contributed by atoms with Crippen LogP contribution in [-0.4, -0.2) is 32.6 Å². The summed E-state index contributed by atoms with van der Waals surface area (Å²) in [5.41, 5.74) is 6.19. The molecule has 0 aliphatic heterocycles. The van der Waals surface area contributed by atoms with Crippen molar-refractivity contribution in [2.75, 3.05) is 31.4 Å². The van der Waals surface area contributed by atoms with Crippen molar-refractivity contribution >= 4 is 23.2 Å². The minimum Gasteiger partial charge on any atom is -0.493 e. The zero-order valence-electron chi connectivity index (χ0n) is 11.8. The molecule has 0 aromatic heterocycles. The van der Waals surface area contributed by atoms with Gasteiger partial charge in [0, 0.05) is 32.0 Å². The van der Waals surface area contributed by atoms with E-state index in [9.17, 15) is 9.59 Å². The molecule has 0 spiro atoms. The van der Waals surface area contributed by atoms with Crippen molar-refractivity contribution in [3.05, 3.63) is 12.1 Å². The van der Waals surface area contributed by atoms with E-state index in [1.807, 2.05) is 0 Å². The van der Waals surface area contributed by atoms with Crippen LogP contribution in [0.15, 0.2) is 12.1 Å². The maximum absolute atomic E-state index is 11.6. The van der Waals surface area contributed by atoms with Crippen molar-refractivity contribution in [1.29, 1.82) is 0 Å². The number of hydrogen-bond acceptors (Lipinski definition) is 5. The lowest BCUT2D eigenvalue weighted by molar-refractivity contribution is -0.116. The molecular weight excluding hydrogens is 262 g/mol. The first-order valence-electron chi connectivity index (χ1n) is 6.05. The zero-order valence-corrected chi connectivity index (χ0v) is 11.8. The summed E-state index contributed by atoms with van der Waals surface area (Å²) in [5, 5.41) is 5.30. The Morgan fingerprint density at radius 1 is 1.10 bits per heavy atom. The van der Waals surface area contributed by atoms with E-state index in [4.69, 9.17) is 15.2 Å². The number of methoxy groups -OCH3 is 2. The summed E-state index contributed by atoms with van der Waals surface area (Å²) in [6, 6.07) is 3.16. The molecule has 0 heterocycles. The van der Waals surface area contributed by atoms with Crippen molar-refractivity contribution in [3.8, 4) is 11.5 Å². The first-order chi connectivity index (χ1) is 9.51. The smallest absolute Gasteiger partial charge is 0.225 e. The lowest BCUT2D eigenvalue weighted by atomic mass is 10.2. The average molecular weight is 281 g/mol. The van der Waals surface area contributed by atoms with Gasteiger partial charge in [0.05, 0.1) is 25.6 Å². The molecule has 0 radical (unpaired) electrons. The minimum absolute atomic E-state index is 0.188. The molecule has 0 atom stereocenters. The van der Waals surface area contributed by atoms with Crippen LogP contribution in [0, 0.1) is 0 Å². The van der Waals surface area contributed by atoms with Gasteiger partial charge >= 0.3 is 0 Å². The van der Waals surface area contributed by atoms with Crippen LogP contribution < -0.4 is 25.8 Å². The Labute approximate surface area is 117 Å². The summed E-state index contributed by atoms with van der Waals surface area (Å²) in [5.74, 6) is 0.399. The van der Waals surface area contributed by atoms with Gasteiger partial charge in [0.1, 0.15) is 0 Å². The molecule has 1 rings (SSSR count). The number of anilines is 2. The highest BCUT2D eigenvalue weighted by molar-refractivity contribution is 5.99. The molecule has 1 aromatic rings. The van der Waals surface area contributed by atoms with Crippen molar-refractivity contribution in [1.82, 2.24) is 0 Å². The molecule has 7 nitrogen and oxygen atoms in total. The number of ether oxygens (including phenoxy) is 2. The Morgan fingerprint density at radius 2 is 1.60 bits per heavy atom. The third-order valence-electron chi connectivity index (χ3n) is 2.48. The van der Waals surface area contributed by atoms with E-state index in [0.29, 0.717) is 22.9 Å². The number of amides is 2. The van der Waals surface area contributed by atoms with Gasteiger partial charge in [0.25, 0.3) is 0 Å². The van der Waals surface area contributed by atoms with Crippen LogP contribution in [-0.2, 0) is 9.59 Å². The summed E-state index contributed by atoms with van der Waals surface area (Å²) in [7, 11) is 2.98. The number of nitrogens with one attached hydrogen (secondary N) is 2. The molecule has 2 amide bonds. The third kappa shape index (κ3) is 4.13. The number of hydrogen-bond donors (Lipinski definition) is 3. The van der Waals surface area contributed by atoms with Crippen LogP contribution in [0.1, 0.15) is 13.3 Å². The molecule has 0 unspecified atom stereocenters. The van der Waals surface area contributed by atoms with Crippen molar-refractivity contribution in [2.24, 2.45) is 5.73 Å². The number of carbonyl (C=O) groups is 2. The van der Waals surface area contributed by atoms with Crippen LogP contribution in [0.3, 0.4) is 0 Å². The molecule has 0 aliphatic rings. The Balaban J connectivity index is 3.16. The third-order valence-corrected chi connectivity index (χ3v) is 2.48. The van der Waals surface area contributed by atoms with Crippen LogP contribution in [0.4, 0.5) is 11.4 Å². The van der Waals surface area contributed by atoms with E-state index >= 15 is 0 Å². The molecule has 110 valence electrons. The molecule has 20 heavy (non-hydrogen) atoms. The lowest BCUT2D eigenvalue weighted by Crippen LogP contribution is -2.18. The van der Waals surface area contributed by atoms with Crippen molar-refractivity contribution < 1.29 is 19.1 Å². The lowest BCUT2D eigenvalue weighted by Gasteiger charge is -2.15. The first kappa shape index (κ1) is 15.8. The predicted molar refractivity (Wildman–Crippen MR) is 76.2 cm³/mol. The first-order valence-corrected chi connectivity index (χ1v) is 6.05. The van der Waals surface area contributed by atoms with Crippen LogP contribution in [0.25, 0.3) is 0 Å². The molecule has 7 heteroatoms. The number of carbonyl (C=O) groups excluding carboxylic acids is 2. The number of benzene rings is 1. The van der Waals surface area contributed by atoms with E-state index in [1.54, 1.807) is 12.1 Å². The zero-order chi connectivity index (χ0) is 15.1. The molecule has 0 saturated carbocycles. The molecule has 0 saturated heterocycles. The van der Waals surface area contributed by atoms with Gasteiger partial charge in [0.2, 0.25) is 11.8 Å². The monoisotopic (exact) mass is 281 g/mol. The van der Waals surface area contributed by atoms with E-state index in [-0.39, 0.29) is 24.8 Å². The van der Waals surface area contributed by atoms with Crippen LogP contribution in [0.2, 0.25) is 0 Å². The van der Waals surface area contributed by atoms with Crippen LogP contribution in [0.5, 0.6) is 11.5 Å². The molecule has 4 N–H and O–H groups in total. The average Bonchev–Trinajstić information content (AvgIpc) is 2.39. The Kier molecular flexibility index (Phi) is 5.79. The van der Waals surface area contributed by atoms with Gasteiger partial charge in [-0.05, 0) is 0 Å². The number of nitrogens with two attached hydrogens (primary N) is 1. The topological polar surface area (TPSA) is 103 Å². The summed E-state index contributed by atoms with van der Waals surface area (Å²) in [6.07, 6.45) is 0.188. The van der Waals surface area contributed by atoms with E-state index in [1.165, 1.54) is 21.1 Å². The van der Waals surface area contributed by atoms with Gasteiger partial charge < -0.3 is 25.8 Å². The molecule has 0 aliphatic carbocycles. The predicted octanol–water partition coefficient (Wildman–Crippen LogP) is 0.949. The van der Waals surface area contributed by atoms with Crippen molar-refractivity contribution in [3.63, 3.8) is 0 Å². The second-order valence-corrected chi connectivity index (χ2v) is 4.02. The summed E-state index contributed by atoms with van der Waals surface area (Å²) >= 11 is 0. The minimum atomic E-state index is -0.258. The van der Waals surface area contributed by atoms with Crippen molar-refractivity contribution in [2.45, 2.75) is 13.3 Å².